The number of nitrogens with zero attached hydrogens (tertiary/aromatic N) is 2. The lowest BCUT2D eigenvalue weighted by Gasteiger charge is -2.34. The summed E-state index contributed by atoms with van der Waals surface area (Å²) in [5.74, 6) is 1.01. The maximum absolute atomic E-state index is 12.6. The Hall–Kier alpha value is -2.73. The summed E-state index contributed by atoms with van der Waals surface area (Å²) in [5.41, 5.74) is 2.48. The number of hydrogen-bond acceptors (Lipinski definition) is 5. The van der Waals surface area contributed by atoms with E-state index >= 15 is 0 Å². The molecule has 1 heterocycles. The molecule has 1 amide bonds. The number of ether oxygens (including phenoxy) is 2. The van der Waals surface area contributed by atoms with Gasteiger partial charge >= 0.3 is 0 Å². The van der Waals surface area contributed by atoms with E-state index in [-0.39, 0.29) is 5.91 Å². The van der Waals surface area contributed by atoms with Gasteiger partial charge in [0.05, 0.1) is 13.7 Å². The van der Waals surface area contributed by atoms with Crippen LogP contribution >= 0.6 is 0 Å². The third-order valence-electron chi connectivity index (χ3n) is 4.72. The second-order valence-electron chi connectivity index (χ2n) is 6.59. The first-order valence-electron chi connectivity index (χ1n) is 9.26. The average molecular weight is 369 g/mol. The minimum Gasteiger partial charge on any atom is -0.493 e. The molecular weight excluding hydrogens is 342 g/mol. The summed E-state index contributed by atoms with van der Waals surface area (Å²) in [7, 11) is 3.71. The van der Waals surface area contributed by atoms with Gasteiger partial charge < -0.3 is 24.6 Å². The monoisotopic (exact) mass is 369 g/mol. The van der Waals surface area contributed by atoms with Crippen molar-refractivity contribution in [1.82, 2.24) is 4.90 Å². The normalized spacial score (nSPS) is 14.7. The molecule has 2 aromatic rings. The predicted molar refractivity (Wildman–Crippen MR) is 108 cm³/mol. The lowest BCUT2D eigenvalue weighted by molar-refractivity contribution is 0.102. The molecule has 0 bridgehead atoms. The molecule has 0 aliphatic carbocycles. The molecule has 1 fully saturated rings. The van der Waals surface area contributed by atoms with Gasteiger partial charge in [-0.3, -0.25) is 4.79 Å². The Balaban J connectivity index is 1.65. The highest BCUT2D eigenvalue weighted by Gasteiger charge is 2.15. The summed E-state index contributed by atoms with van der Waals surface area (Å²) in [4.78, 5) is 17.2. The van der Waals surface area contributed by atoms with Gasteiger partial charge in [0, 0.05) is 43.1 Å². The number of amides is 1. The van der Waals surface area contributed by atoms with Crippen LogP contribution in [0, 0.1) is 0 Å². The molecule has 0 spiro atoms. The van der Waals surface area contributed by atoms with E-state index in [2.05, 4.69) is 34.3 Å². The highest BCUT2D eigenvalue weighted by Crippen LogP contribution is 2.28. The summed E-state index contributed by atoms with van der Waals surface area (Å²) in [6.07, 6.45) is 0. The molecule has 144 valence electrons. The van der Waals surface area contributed by atoms with Crippen LogP contribution < -0.4 is 19.7 Å². The Morgan fingerprint density at radius 1 is 1.04 bits per heavy atom. The summed E-state index contributed by atoms with van der Waals surface area (Å²) >= 11 is 0. The van der Waals surface area contributed by atoms with E-state index in [1.807, 2.05) is 19.1 Å². The van der Waals surface area contributed by atoms with Gasteiger partial charge in [0.2, 0.25) is 0 Å². The van der Waals surface area contributed by atoms with Gasteiger partial charge in [-0.25, -0.2) is 0 Å². The first kappa shape index (κ1) is 19.0. The van der Waals surface area contributed by atoms with Crippen LogP contribution in [0.15, 0.2) is 42.5 Å². The zero-order valence-electron chi connectivity index (χ0n) is 16.2. The smallest absolute Gasteiger partial charge is 0.255 e. The Morgan fingerprint density at radius 3 is 2.37 bits per heavy atom. The van der Waals surface area contributed by atoms with Crippen molar-refractivity contribution in [3.05, 3.63) is 48.0 Å². The topological polar surface area (TPSA) is 54.0 Å². The van der Waals surface area contributed by atoms with E-state index in [9.17, 15) is 4.79 Å². The third kappa shape index (κ3) is 4.71. The summed E-state index contributed by atoms with van der Waals surface area (Å²) in [6, 6.07) is 13.2. The Kier molecular flexibility index (Phi) is 6.19. The lowest BCUT2D eigenvalue weighted by Crippen LogP contribution is -2.44. The maximum Gasteiger partial charge on any atom is 0.255 e. The van der Waals surface area contributed by atoms with E-state index in [0.29, 0.717) is 23.7 Å². The molecule has 1 saturated heterocycles. The Labute approximate surface area is 160 Å². The minimum absolute atomic E-state index is 0.177. The molecule has 27 heavy (non-hydrogen) atoms. The van der Waals surface area contributed by atoms with Gasteiger partial charge in [-0.2, -0.15) is 0 Å². The fraction of sp³-hybridized carbons (Fsp3) is 0.381. The largest absolute Gasteiger partial charge is 0.493 e. The zero-order valence-corrected chi connectivity index (χ0v) is 16.2. The van der Waals surface area contributed by atoms with Crippen molar-refractivity contribution in [2.45, 2.75) is 6.92 Å². The average Bonchev–Trinajstić information content (AvgIpc) is 2.69. The van der Waals surface area contributed by atoms with Crippen LogP contribution in [0.2, 0.25) is 0 Å². The van der Waals surface area contributed by atoms with Gasteiger partial charge in [-0.05, 0) is 56.4 Å². The highest BCUT2D eigenvalue weighted by molar-refractivity contribution is 6.04. The van der Waals surface area contributed by atoms with Crippen molar-refractivity contribution in [3.8, 4) is 11.5 Å². The molecule has 1 aliphatic heterocycles. The standard InChI is InChI=1S/C21H27N3O3/c1-4-27-19-10-5-16(15-20(19)26-3)21(25)22-17-6-8-18(9-7-17)24-13-11-23(2)12-14-24/h5-10,15H,4,11-14H2,1-3H3,(H,22,25). The van der Waals surface area contributed by atoms with Crippen molar-refractivity contribution in [2.75, 3.05) is 57.2 Å². The molecule has 0 atom stereocenters. The first-order chi connectivity index (χ1) is 13.1. The molecule has 6 heteroatoms. The van der Waals surface area contributed by atoms with E-state index in [1.165, 1.54) is 5.69 Å². The molecule has 0 aromatic heterocycles. The van der Waals surface area contributed by atoms with Gasteiger partial charge in [0.1, 0.15) is 0 Å². The van der Waals surface area contributed by atoms with E-state index < -0.39 is 0 Å². The van der Waals surface area contributed by atoms with Crippen molar-refractivity contribution in [2.24, 2.45) is 0 Å². The quantitative estimate of drug-likeness (QED) is 0.848. The number of benzene rings is 2. The van der Waals surface area contributed by atoms with Crippen LogP contribution in [-0.2, 0) is 0 Å². The Morgan fingerprint density at radius 2 is 1.74 bits per heavy atom. The van der Waals surface area contributed by atoms with Crippen molar-refractivity contribution in [3.63, 3.8) is 0 Å². The second kappa shape index (κ2) is 8.77. The van der Waals surface area contributed by atoms with Crippen LogP contribution in [0.3, 0.4) is 0 Å². The molecule has 6 nitrogen and oxygen atoms in total. The molecule has 3 rings (SSSR count). The molecular formula is C21H27N3O3. The molecule has 1 aliphatic rings. The number of nitrogens with one attached hydrogen (secondary N) is 1. The third-order valence-corrected chi connectivity index (χ3v) is 4.72. The number of likely N-dealkylation sites (N-methyl/N-ethyl adjacent to an activating group) is 1. The van der Waals surface area contributed by atoms with Crippen molar-refractivity contribution >= 4 is 17.3 Å². The fourth-order valence-electron chi connectivity index (χ4n) is 3.11. The van der Waals surface area contributed by atoms with Gasteiger partial charge in [0.25, 0.3) is 5.91 Å². The number of hydrogen-bond donors (Lipinski definition) is 1. The number of rotatable bonds is 6. The van der Waals surface area contributed by atoms with Crippen LogP contribution in [0.4, 0.5) is 11.4 Å². The maximum atomic E-state index is 12.6. The number of methoxy groups -OCH3 is 1. The second-order valence-corrected chi connectivity index (χ2v) is 6.59. The van der Waals surface area contributed by atoms with Gasteiger partial charge in [0.15, 0.2) is 11.5 Å². The molecule has 0 radical (unpaired) electrons. The van der Waals surface area contributed by atoms with Crippen LogP contribution in [0.5, 0.6) is 11.5 Å². The predicted octanol–water partition coefficient (Wildman–Crippen LogP) is 3.10. The molecule has 0 unspecified atom stereocenters. The van der Waals surface area contributed by atoms with Crippen LogP contribution in [-0.4, -0.2) is 57.8 Å². The van der Waals surface area contributed by atoms with Crippen molar-refractivity contribution in [1.29, 1.82) is 0 Å². The van der Waals surface area contributed by atoms with E-state index in [4.69, 9.17) is 9.47 Å². The SMILES string of the molecule is CCOc1ccc(C(=O)Nc2ccc(N3CCN(C)CC3)cc2)cc1OC. The number of carbonyl (C=O) groups is 1. The highest BCUT2D eigenvalue weighted by atomic mass is 16.5. The first-order valence-corrected chi connectivity index (χ1v) is 9.26. The number of piperazine rings is 1. The Bertz CT molecular complexity index is 769. The number of anilines is 2. The van der Waals surface area contributed by atoms with Crippen LogP contribution in [0.25, 0.3) is 0 Å². The molecule has 2 aromatic carbocycles. The zero-order chi connectivity index (χ0) is 19.2. The minimum atomic E-state index is -0.177. The van der Waals surface area contributed by atoms with Gasteiger partial charge in [-0.15, -0.1) is 0 Å². The summed E-state index contributed by atoms with van der Waals surface area (Å²) < 4.78 is 10.8. The van der Waals surface area contributed by atoms with E-state index in [0.717, 1.165) is 31.9 Å². The molecule has 1 N–H and O–H groups in total. The van der Waals surface area contributed by atoms with Crippen molar-refractivity contribution < 1.29 is 14.3 Å². The van der Waals surface area contributed by atoms with E-state index in [1.54, 1.807) is 25.3 Å². The molecule has 0 saturated carbocycles. The van der Waals surface area contributed by atoms with Gasteiger partial charge in [-0.1, -0.05) is 0 Å². The lowest BCUT2D eigenvalue weighted by atomic mass is 10.1. The fourth-order valence-corrected chi connectivity index (χ4v) is 3.11. The van der Waals surface area contributed by atoms with Crippen LogP contribution in [0.1, 0.15) is 17.3 Å². The number of carbonyl (C=O) groups excluding carboxylic acids is 1. The summed E-state index contributed by atoms with van der Waals surface area (Å²) in [6.45, 7) is 6.63. The summed E-state index contributed by atoms with van der Waals surface area (Å²) in [5, 5.41) is 2.94.